The van der Waals surface area contributed by atoms with E-state index in [-0.39, 0.29) is 16.8 Å². The lowest BCUT2D eigenvalue weighted by molar-refractivity contribution is 0.0913. The maximum atomic E-state index is 12.9. The molecule has 2 atom stereocenters. The second-order valence-electron chi connectivity index (χ2n) is 7.49. The Bertz CT molecular complexity index is 757. The molecule has 0 spiro atoms. The van der Waals surface area contributed by atoms with Gasteiger partial charge in [0.05, 0.1) is 4.90 Å². The monoisotopic (exact) mass is 379 g/mol. The fourth-order valence-corrected chi connectivity index (χ4v) is 5.28. The first-order valence-corrected chi connectivity index (χ1v) is 11.0. The molecular formula is C19H29N3O3S. The van der Waals surface area contributed by atoms with Crippen LogP contribution in [0.5, 0.6) is 0 Å². The normalized spacial score (nSPS) is 25.0. The van der Waals surface area contributed by atoms with E-state index in [1.165, 1.54) is 4.31 Å². The summed E-state index contributed by atoms with van der Waals surface area (Å²) in [5, 5.41) is 6.41. The van der Waals surface area contributed by atoms with Crippen LogP contribution in [0.1, 0.15) is 48.5 Å². The molecule has 1 aromatic carbocycles. The highest BCUT2D eigenvalue weighted by atomic mass is 32.2. The number of hydrogen-bond acceptors (Lipinski definition) is 4. The van der Waals surface area contributed by atoms with Crippen LogP contribution in [0.4, 0.5) is 0 Å². The van der Waals surface area contributed by atoms with Crippen molar-refractivity contribution < 1.29 is 13.2 Å². The van der Waals surface area contributed by atoms with Gasteiger partial charge in [0, 0.05) is 24.7 Å². The predicted molar refractivity (Wildman–Crippen MR) is 102 cm³/mol. The Morgan fingerprint density at radius 2 is 1.96 bits per heavy atom. The van der Waals surface area contributed by atoms with Crippen molar-refractivity contribution in [2.45, 2.75) is 50.5 Å². The molecule has 2 saturated heterocycles. The zero-order chi connectivity index (χ0) is 18.7. The van der Waals surface area contributed by atoms with Crippen molar-refractivity contribution in [2.75, 3.05) is 26.2 Å². The fraction of sp³-hybridized carbons (Fsp3) is 0.632. The first kappa shape index (κ1) is 19.3. The standard InChI is InChI=1S/C19H29N3O3S/c1-14-6-7-16(26(24,25)22-10-4-3-5-11-22)12-17(14)19(23)21-18-8-9-20-13-15(18)2/h6-7,12,15,18,20H,3-5,8-11,13H2,1-2H3,(H,21,23). The number of carbonyl (C=O) groups excluding carboxylic acids is 1. The van der Waals surface area contributed by atoms with Gasteiger partial charge in [-0.3, -0.25) is 4.79 Å². The summed E-state index contributed by atoms with van der Waals surface area (Å²) in [7, 11) is -3.54. The first-order chi connectivity index (χ1) is 12.4. The number of sulfonamides is 1. The fourth-order valence-electron chi connectivity index (χ4n) is 3.74. The van der Waals surface area contributed by atoms with Crippen LogP contribution < -0.4 is 10.6 Å². The number of hydrogen-bond donors (Lipinski definition) is 2. The van der Waals surface area contributed by atoms with E-state index in [0.717, 1.165) is 44.3 Å². The summed E-state index contributed by atoms with van der Waals surface area (Å²) in [4.78, 5) is 13.0. The lowest BCUT2D eigenvalue weighted by Gasteiger charge is -2.30. The van der Waals surface area contributed by atoms with Crippen molar-refractivity contribution in [3.8, 4) is 0 Å². The van der Waals surface area contributed by atoms with Crippen LogP contribution in [0.3, 0.4) is 0 Å². The maximum Gasteiger partial charge on any atom is 0.251 e. The van der Waals surface area contributed by atoms with E-state index in [4.69, 9.17) is 0 Å². The van der Waals surface area contributed by atoms with Crippen LogP contribution in [-0.2, 0) is 10.0 Å². The van der Waals surface area contributed by atoms with Crippen LogP contribution in [0.25, 0.3) is 0 Å². The van der Waals surface area contributed by atoms with Crippen molar-refractivity contribution in [3.05, 3.63) is 29.3 Å². The van der Waals surface area contributed by atoms with Gasteiger partial charge in [0.25, 0.3) is 5.91 Å². The summed E-state index contributed by atoms with van der Waals surface area (Å²) in [5.74, 6) is 0.171. The molecule has 0 bridgehead atoms. The lowest BCUT2D eigenvalue weighted by atomic mass is 9.95. The largest absolute Gasteiger partial charge is 0.349 e. The average Bonchev–Trinajstić information content (AvgIpc) is 2.64. The molecule has 1 aromatic rings. The predicted octanol–water partition coefficient (Wildman–Crippen LogP) is 1.90. The Balaban J connectivity index is 1.81. The molecule has 2 heterocycles. The molecule has 2 aliphatic rings. The first-order valence-electron chi connectivity index (χ1n) is 9.52. The number of rotatable bonds is 4. The van der Waals surface area contributed by atoms with E-state index in [1.807, 2.05) is 6.92 Å². The molecule has 144 valence electrons. The van der Waals surface area contributed by atoms with Gasteiger partial charge in [-0.1, -0.05) is 19.4 Å². The minimum atomic E-state index is -3.54. The Morgan fingerprint density at radius 1 is 1.23 bits per heavy atom. The molecule has 0 aromatic heterocycles. The number of carbonyl (C=O) groups is 1. The third-order valence-corrected chi connectivity index (χ3v) is 7.40. The quantitative estimate of drug-likeness (QED) is 0.837. The van der Waals surface area contributed by atoms with Gasteiger partial charge in [-0.15, -0.1) is 0 Å². The van der Waals surface area contributed by atoms with E-state index >= 15 is 0 Å². The van der Waals surface area contributed by atoms with Gasteiger partial charge in [0.15, 0.2) is 0 Å². The smallest absolute Gasteiger partial charge is 0.251 e. The number of nitrogens with zero attached hydrogens (tertiary/aromatic N) is 1. The molecule has 26 heavy (non-hydrogen) atoms. The molecule has 0 radical (unpaired) electrons. The van der Waals surface area contributed by atoms with Crippen molar-refractivity contribution in [2.24, 2.45) is 5.92 Å². The Hall–Kier alpha value is -1.44. The zero-order valence-electron chi connectivity index (χ0n) is 15.6. The van der Waals surface area contributed by atoms with Crippen LogP contribution in [0.2, 0.25) is 0 Å². The second kappa shape index (κ2) is 8.06. The maximum absolute atomic E-state index is 12.9. The van der Waals surface area contributed by atoms with Gasteiger partial charge < -0.3 is 10.6 Å². The minimum absolute atomic E-state index is 0.116. The summed E-state index contributed by atoms with van der Waals surface area (Å²) < 4.78 is 27.3. The molecule has 2 unspecified atom stereocenters. The Labute approximate surface area is 156 Å². The highest BCUT2D eigenvalue weighted by molar-refractivity contribution is 7.89. The summed E-state index contributed by atoms with van der Waals surface area (Å²) in [6, 6.07) is 5.01. The summed E-state index contributed by atoms with van der Waals surface area (Å²) >= 11 is 0. The average molecular weight is 380 g/mol. The highest BCUT2D eigenvalue weighted by Crippen LogP contribution is 2.23. The highest BCUT2D eigenvalue weighted by Gasteiger charge is 2.28. The van der Waals surface area contributed by atoms with Gasteiger partial charge in [0.2, 0.25) is 10.0 Å². The number of benzene rings is 1. The lowest BCUT2D eigenvalue weighted by Crippen LogP contribution is -2.48. The summed E-state index contributed by atoms with van der Waals surface area (Å²) in [6.45, 7) is 6.85. The van der Waals surface area contributed by atoms with Crippen molar-refractivity contribution in [3.63, 3.8) is 0 Å². The van der Waals surface area contributed by atoms with Crippen LogP contribution in [0.15, 0.2) is 23.1 Å². The van der Waals surface area contributed by atoms with Crippen LogP contribution in [0, 0.1) is 12.8 Å². The van der Waals surface area contributed by atoms with Gasteiger partial charge in [-0.05, 0) is 62.9 Å². The molecule has 0 aliphatic carbocycles. The van der Waals surface area contributed by atoms with E-state index in [9.17, 15) is 13.2 Å². The number of piperidine rings is 2. The number of amides is 1. The van der Waals surface area contributed by atoms with Crippen molar-refractivity contribution in [1.82, 2.24) is 14.9 Å². The third kappa shape index (κ3) is 4.10. The molecule has 0 saturated carbocycles. The molecule has 1 amide bonds. The van der Waals surface area contributed by atoms with E-state index < -0.39 is 10.0 Å². The SMILES string of the molecule is Cc1ccc(S(=O)(=O)N2CCCCC2)cc1C(=O)NC1CCNCC1C. The molecule has 2 N–H and O–H groups in total. The zero-order valence-corrected chi connectivity index (χ0v) is 16.4. The molecule has 6 nitrogen and oxygen atoms in total. The van der Waals surface area contributed by atoms with Crippen molar-refractivity contribution >= 4 is 15.9 Å². The van der Waals surface area contributed by atoms with Gasteiger partial charge in [-0.25, -0.2) is 8.42 Å². The van der Waals surface area contributed by atoms with Crippen molar-refractivity contribution in [1.29, 1.82) is 0 Å². The Morgan fingerprint density at radius 3 is 2.65 bits per heavy atom. The third-order valence-electron chi connectivity index (χ3n) is 5.51. The minimum Gasteiger partial charge on any atom is -0.349 e. The number of nitrogens with one attached hydrogen (secondary N) is 2. The molecule has 3 rings (SSSR count). The molecule has 2 aliphatic heterocycles. The van der Waals surface area contributed by atoms with Gasteiger partial charge in [0.1, 0.15) is 0 Å². The van der Waals surface area contributed by atoms with Crippen LogP contribution in [-0.4, -0.2) is 50.9 Å². The molecule has 2 fully saturated rings. The van der Waals surface area contributed by atoms with Crippen LogP contribution >= 0.6 is 0 Å². The topological polar surface area (TPSA) is 78.5 Å². The van der Waals surface area contributed by atoms with Gasteiger partial charge in [-0.2, -0.15) is 4.31 Å². The van der Waals surface area contributed by atoms with Gasteiger partial charge >= 0.3 is 0 Å². The molecule has 7 heteroatoms. The molecular weight excluding hydrogens is 350 g/mol. The summed E-state index contributed by atoms with van der Waals surface area (Å²) in [5.41, 5.74) is 1.25. The number of aryl methyl sites for hydroxylation is 1. The summed E-state index contributed by atoms with van der Waals surface area (Å²) in [6.07, 6.45) is 3.75. The second-order valence-corrected chi connectivity index (χ2v) is 9.43. The van der Waals surface area contributed by atoms with E-state index in [0.29, 0.717) is 24.6 Å². The van der Waals surface area contributed by atoms with E-state index in [2.05, 4.69) is 17.6 Å². The van der Waals surface area contributed by atoms with E-state index in [1.54, 1.807) is 18.2 Å². The Kier molecular flexibility index (Phi) is 5.99.